The minimum absolute atomic E-state index is 0.0460. The largest absolute Gasteiger partial charge is 0.417 e. The molecule has 1 amide bonds. The lowest BCUT2D eigenvalue weighted by Crippen LogP contribution is -2.31. The highest BCUT2D eigenvalue weighted by molar-refractivity contribution is 5.79. The highest BCUT2D eigenvalue weighted by atomic mass is 19.4. The molecule has 9 heteroatoms. The van der Waals surface area contributed by atoms with Crippen molar-refractivity contribution in [3.05, 3.63) is 40.8 Å². The number of amides is 1. The van der Waals surface area contributed by atoms with Gasteiger partial charge in [0.05, 0.1) is 17.7 Å². The number of aromatic nitrogens is 3. The minimum Gasteiger partial charge on any atom is -0.342 e. The summed E-state index contributed by atoms with van der Waals surface area (Å²) in [4.78, 5) is 18.5. The van der Waals surface area contributed by atoms with E-state index < -0.39 is 11.7 Å². The van der Waals surface area contributed by atoms with Crippen LogP contribution in [0.25, 0.3) is 5.82 Å². The molecular weight excluding hydrogens is 371 g/mol. The lowest BCUT2D eigenvalue weighted by molar-refractivity contribution is -0.137. The summed E-state index contributed by atoms with van der Waals surface area (Å²) in [6.45, 7) is 5.98. The molecular formula is C19H24F3N5O. The summed E-state index contributed by atoms with van der Waals surface area (Å²) < 4.78 is 39.7. The first-order chi connectivity index (χ1) is 13.2. The van der Waals surface area contributed by atoms with Crippen LogP contribution in [0, 0.1) is 19.8 Å². The van der Waals surface area contributed by atoms with E-state index in [1.807, 2.05) is 11.9 Å². The molecule has 1 N–H and O–H groups in total. The van der Waals surface area contributed by atoms with Gasteiger partial charge in [-0.1, -0.05) is 0 Å². The first-order valence-corrected chi connectivity index (χ1v) is 9.21. The molecule has 0 spiro atoms. The Kier molecular flexibility index (Phi) is 5.74. The Hall–Kier alpha value is -2.42. The van der Waals surface area contributed by atoms with Gasteiger partial charge < -0.3 is 10.2 Å². The van der Waals surface area contributed by atoms with Gasteiger partial charge in [0.15, 0.2) is 5.82 Å². The van der Waals surface area contributed by atoms with Crippen LogP contribution in [0.1, 0.15) is 28.9 Å². The summed E-state index contributed by atoms with van der Waals surface area (Å²) in [6.07, 6.45) is -2.42. The number of nitrogens with one attached hydrogen (secondary N) is 1. The van der Waals surface area contributed by atoms with Crippen molar-refractivity contribution in [2.45, 2.75) is 32.9 Å². The number of carbonyl (C=O) groups is 1. The fourth-order valence-corrected chi connectivity index (χ4v) is 3.61. The molecule has 1 saturated heterocycles. The van der Waals surface area contributed by atoms with Crippen molar-refractivity contribution in [3.8, 4) is 5.82 Å². The van der Waals surface area contributed by atoms with Crippen LogP contribution in [-0.4, -0.2) is 52.3 Å². The third-order valence-electron chi connectivity index (χ3n) is 5.19. The van der Waals surface area contributed by atoms with E-state index in [4.69, 9.17) is 0 Å². The second kappa shape index (κ2) is 7.90. The van der Waals surface area contributed by atoms with Gasteiger partial charge in [-0.25, -0.2) is 9.67 Å². The van der Waals surface area contributed by atoms with Gasteiger partial charge in [-0.2, -0.15) is 18.3 Å². The van der Waals surface area contributed by atoms with Crippen molar-refractivity contribution in [2.75, 3.05) is 26.7 Å². The fourth-order valence-electron chi connectivity index (χ4n) is 3.61. The summed E-state index contributed by atoms with van der Waals surface area (Å²) in [5, 5.41) is 7.53. The van der Waals surface area contributed by atoms with E-state index in [1.54, 1.807) is 13.8 Å². The number of rotatable bonds is 5. The zero-order chi connectivity index (χ0) is 20.5. The van der Waals surface area contributed by atoms with E-state index in [0.717, 1.165) is 43.9 Å². The average molecular weight is 395 g/mol. The first kappa shape index (κ1) is 20.3. The molecule has 152 valence electrons. The molecule has 1 unspecified atom stereocenters. The van der Waals surface area contributed by atoms with Gasteiger partial charge >= 0.3 is 6.18 Å². The van der Waals surface area contributed by atoms with Gasteiger partial charge in [0.2, 0.25) is 5.91 Å². The van der Waals surface area contributed by atoms with Crippen molar-refractivity contribution in [1.29, 1.82) is 0 Å². The number of halogens is 3. The van der Waals surface area contributed by atoms with Gasteiger partial charge in [-0.3, -0.25) is 4.79 Å². The number of hydrogen-bond acceptors (Lipinski definition) is 4. The number of alkyl halides is 3. The average Bonchev–Trinajstić information content (AvgIpc) is 3.21. The Morgan fingerprint density at radius 1 is 1.32 bits per heavy atom. The number of pyridine rings is 1. The molecule has 0 aliphatic carbocycles. The van der Waals surface area contributed by atoms with E-state index >= 15 is 0 Å². The summed E-state index contributed by atoms with van der Waals surface area (Å²) in [6, 6.07) is 2.27. The third kappa shape index (κ3) is 4.19. The van der Waals surface area contributed by atoms with Crippen molar-refractivity contribution >= 4 is 5.91 Å². The Labute approximate surface area is 161 Å². The van der Waals surface area contributed by atoms with Crippen molar-refractivity contribution in [2.24, 2.45) is 5.92 Å². The van der Waals surface area contributed by atoms with E-state index in [1.165, 1.54) is 10.7 Å². The van der Waals surface area contributed by atoms with Gasteiger partial charge in [0.1, 0.15) is 0 Å². The van der Waals surface area contributed by atoms with Crippen LogP contribution in [-0.2, 0) is 17.4 Å². The summed E-state index contributed by atoms with van der Waals surface area (Å²) in [5.74, 6) is 0.808. The maximum absolute atomic E-state index is 12.7. The van der Waals surface area contributed by atoms with Gasteiger partial charge in [-0.05, 0) is 51.9 Å². The second-order valence-corrected chi connectivity index (χ2v) is 7.19. The number of aryl methyl sites for hydroxylation is 1. The molecule has 3 heterocycles. The number of nitrogens with zero attached hydrogens (tertiary/aromatic N) is 4. The fraction of sp³-hybridized carbons (Fsp3) is 0.526. The molecule has 3 rings (SSSR count). The van der Waals surface area contributed by atoms with Gasteiger partial charge in [-0.15, -0.1) is 0 Å². The maximum atomic E-state index is 12.7. The van der Waals surface area contributed by atoms with Crippen LogP contribution in [0.4, 0.5) is 13.2 Å². The monoisotopic (exact) mass is 395 g/mol. The maximum Gasteiger partial charge on any atom is 0.417 e. The topological polar surface area (TPSA) is 63.1 Å². The minimum atomic E-state index is -4.43. The van der Waals surface area contributed by atoms with Crippen LogP contribution < -0.4 is 5.32 Å². The summed E-state index contributed by atoms with van der Waals surface area (Å²) in [7, 11) is 1.90. The second-order valence-electron chi connectivity index (χ2n) is 7.19. The predicted molar refractivity (Wildman–Crippen MR) is 98.2 cm³/mol. The number of hydrogen-bond donors (Lipinski definition) is 1. The molecule has 1 atom stereocenters. The van der Waals surface area contributed by atoms with Crippen molar-refractivity contribution in [3.63, 3.8) is 0 Å². The summed E-state index contributed by atoms with van der Waals surface area (Å²) in [5.41, 5.74) is 1.38. The molecule has 1 aliphatic heterocycles. The Bertz CT molecular complexity index is 844. The van der Waals surface area contributed by atoms with Crippen LogP contribution in [0.2, 0.25) is 0 Å². The molecule has 2 aromatic rings. The predicted octanol–water partition coefficient (Wildman–Crippen LogP) is 2.51. The molecule has 1 aliphatic rings. The summed E-state index contributed by atoms with van der Waals surface area (Å²) >= 11 is 0. The first-order valence-electron chi connectivity index (χ1n) is 9.21. The van der Waals surface area contributed by atoms with Crippen molar-refractivity contribution in [1.82, 2.24) is 25.0 Å². The smallest absolute Gasteiger partial charge is 0.342 e. The Morgan fingerprint density at radius 3 is 2.68 bits per heavy atom. The zero-order valence-corrected chi connectivity index (χ0v) is 16.2. The molecule has 0 bridgehead atoms. The van der Waals surface area contributed by atoms with E-state index in [2.05, 4.69) is 15.4 Å². The quantitative estimate of drug-likeness (QED) is 0.845. The Balaban J connectivity index is 1.76. The van der Waals surface area contributed by atoms with E-state index in [0.29, 0.717) is 23.1 Å². The molecule has 0 aromatic carbocycles. The zero-order valence-electron chi connectivity index (χ0n) is 16.2. The molecule has 1 fully saturated rings. The normalized spacial score (nSPS) is 17.4. The van der Waals surface area contributed by atoms with Gasteiger partial charge in [0.25, 0.3) is 0 Å². The van der Waals surface area contributed by atoms with Gasteiger partial charge in [0, 0.05) is 30.5 Å². The van der Waals surface area contributed by atoms with Crippen LogP contribution in [0.5, 0.6) is 0 Å². The third-order valence-corrected chi connectivity index (χ3v) is 5.19. The number of carbonyl (C=O) groups excluding carboxylic acids is 1. The molecule has 0 radical (unpaired) electrons. The SMILES string of the molecule is CNCC1CCN(C(=O)Cc2c(C)nn(-c3ccc(C(F)(F)F)cn3)c2C)C1. The highest BCUT2D eigenvalue weighted by Crippen LogP contribution is 2.29. The molecule has 2 aromatic heterocycles. The van der Waals surface area contributed by atoms with E-state index in [-0.39, 0.29) is 12.3 Å². The molecule has 0 saturated carbocycles. The standard InChI is InChI=1S/C19H24F3N5O/c1-12-16(8-18(28)26-7-6-14(11-26)9-23-3)13(2)27(25-12)17-5-4-15(10-24-17)19(20,21)22/h4-5,10,14,23H,6-9,11H2,1-3H3. The van der Waals surface area contributed by atoms with Crippen LogP contribution >= 0.6 is 0 Å². The van der Waals surface area contributed by atoms with Crippen LogP contribution in [0.15, 0.2) is 18.3 Å². The lowest BCUT2D eigenvalue weighted by Gasteiger charge is -2.16. The van der Waals surface area contributed by atoms with Crippen molar-refractivity contribution < 1.29 is 18.0 Å². The molecule has 28 heavy (non-hydrogen) atoms. The van der Waals surface area contributed by atoms with E-state index in [9.17, 15) is 18.0 Å². The lowest BCUT2D eigenvalue weighted by atomic mass is 10.1. The highest BCUT2D eigenvalue weighted by Gasteiger charge is 2.31. The number of likely N-dealkylation sites (tertiary alicyclic amines) is 1. The molecule has 6 nitrogen and oxygen atoms in total. The Morgan fingerprint density at radius 2 is 2.07 bits per heavy atom. The van der Waals surface area contributed by atoms with Crippen LogP contribution in [0.3, 0.4) is 0 Å².